The molecule has 136 valence electrons. The van der Waals surface area contributed by atoms with E-state index < -0.39 is 22.7 Å². The first-order chi connectivity index (χ1) is 12.3. The van der Waals surface area contributed by atoms with Crippen molar-refractivity contribution in [1.29, 1.82) is 0 Å². The van der Waals surface area contributed by atoms with E-state index in [2.05, 4.69) is 0 Å². The van der Waals surface area contributed by atoms with Crippen molar-refractivity contribution in [3.05, 3.63) is 71.5 Å². The van der Waals surface area contributed by atoms with E-state index in [4.69, 9.17) is 0 Å². The molecule has 0 spiro atoms. The highest BCUT2D eigenvalue weighted by Crippen LogP contribution is 2.59. The number of Topliss-reactive ketones (excluding diaryl/α,β-unsaturated/α-hetero) is 2. The quantitative estimate of drug-likeness (QED) is 0.377. The zero-order valence-electron chi connectivity index (χ0n) is 15.3. The lowest BCUT2D eigenvalue weighted by atomic mass is 9.46. The molecule has 26 heavy (non-hydrogen) atoms. The lowest BCUT2D eigenvalue weighted by Crippen LogP contribution is -2.66. The minimum atomic E-state index is -1.67. The van der Waals surface area contributed by atoms with Gasteiger partial charge in [-0.25, -0.2) is 0 Å². The summed E-state index contributed by atoms with van der Waals surface area (Å²) in [6, 6.07) is 9.45. The van der Waals surface area contributed by atoms with Crippen LogP contribution in [0.25, 0.3) is 0 Å². The number of benzene rings is 1. The van der Waals surface area contributed by atoms with Gasteiger partial charge >= 0.3 is 0 Å². The standard InChI is InChI=1S/C22H24O4/c1-4-5-7-12-17(23)18-16-13-15(14-10-8-6-9-11-14)21(2,19(18)24)20(25)22(16,3)26/h4-12,15-16,23,26H,13H2,1-3H3/t15-,16-,21+,22+/m0/s1. The van der Waals surface area contributed by atoms with Crippen molar-refractivity contribution in [3.63, 3.8) is 0 Å². The Balaban J connectivity index is 2.16. The van der Waals surface area contributed by atoms with Gasteiger partial charge in [0.2, 0.25) is 0 Å². The second-order valence-electron chi connectivity index (χ2n) is 7.44. The van der Waals surface area contributed by atoms with Crippen molar-refractivity contribution in [1.82, 2.24) is 0 Å². The fourth-order valence-corrected chi connectivity index (χ4v) is 4.44. The van der Waals surface area contributed by atoms with E-state index in [0.717, 1.165) is 5.56 Å². The van der Waals surface area contributed by atoms with E-state index in [1.165, 1.54) is 13.0 Å². The summed E-state index contributed by atoms with van der Waals surface area (Å²) in [5, 5.41) is 21.4. The Kier molecular flexibility index (Phi) is 4.49. The highest BCUT2D eigenvalue weighted by Gasteiger charge is 2.68. The highest BCUT2D eigenvalue weighted by atomic mass is 16.3. The number of hydrogen-bond donors (Lipinski definition) is 2. The normalized spacial score (nSPS) is 36.3. The van der Waals surface area contributed by atoms with Crippen molar-refractivity contribution in [2.24, 2.45) is 11.3 Å². The second kappa shape index (κ2) is 6.36. The van der Waals surface area contributed by atoms with Crippen LogP contribution in [0.3, 0.4) is 0 Å². The molecular formula is C22H24O4. The largest absolute Gasteiger partial charge is 0.508 e. The third kappa shape index (κ3) is 2.48. The molecule has 3 aliphatic carbocycles. The Bertz CT molecular complexity index is 829. The summed E-state index contributed by atoms with van der Waals surface area (Å²) in [5.74, 6) is -2.07. The predicted molar refractivity (Wildman–Crippen MR) is 99.6 cm³/mol. The first kappa shape index (κ1) is 18.3. The highest BCUT2D eigenvalue weighted by molar-refractivity contribution is 6.21. The summed E-state index contributed by atoms with van der Waals surface area (Å²) in [6.07, 6.45) is 7.04. The Morgan fingerprint density at radius 2 is 1.77 bits per heavy atom. The van der Waals surface area contributed by atoms with Gasteiger partial charge in [0.15, 0.2) is 11.6 Å². The van der Waals surface area contributed by atoms with Gasteiger partial charge in [0.05, 0.1) is 5.41 Å². The van der Waals surface area contributed by atoms with Crippen molar-refractivity contribution in [3.8, 4) is 0 Å². The number of carbonyl (C=O) groups excluding carboxylic acids is 2. The van der Waals surface area contributed by atoms with Crippen LogP contribution in [0, 0.1) is 11.3 Å². The van der Waals surface area contributed by atoms with Gasteiger partial charge in [0.1, 0.15) is 11.4 Å². The number of aliphatic hydroxyl groups is 2. The number of aliphatic hydroxyl groups excluding tert-OH is 1. The number of allylic oxidation sites excluding steroid dienone is 4. The van der Waals surface area contributed by atoms with Crippen LogP contribution in [-0.2, 0) is 9.59 Å². The summed E-state index contributed by atoms with van der Waals surface area (Å²) in [5.41, 5.74) is -2.01. The van der Waals surface area contributed by atoms with E-state index in [9.17, 15) is 19.8 Å². The molecule has 1 aromatic rings. The van der Waals surface area contributed by atoms with Gasteiger partial charge in [0.25, 0.3) is 0 Å². The van der Waals surface area contributed by atoms with Crippen LogP contribution < -0.4 is 0 Å². The lowest BCUT2D eigenvalue weighted by Gasteiger charge is -2.55. The maximum Gasteiger partial charge on any atom is 0.178 e. The molecule has 1 aromatic carbocycles. The molecule has 0 aliphatic heterocycles. The number of rotatable bonds is 3. The Morgan fingerprint density at radius 3 is 2.38 bits per heavy atom. The average Bonchev–Trinajstić information content (AvgIpc) is 2.62. The molecule has 3 saturated carbocycles. The molecule has 2 N–H and O–H groups in total. The van der Waals surface area contributed by atoms with Gasteiger partial charge in [-0.05, 0) is 38.8 Å². The predicted octanol–water partition coefficient (Wildman–Crippen LogP) is 3.64. The Hall–Kier alpha value is -2.46. The Labute approximate surface area is 153 Å². The molecule has 4 atom stereocenters. The van der Waals surface area contributed by atoms with Crippen LogP contribution in [0.15, 0.2) is 66.0 Å². The molecule has 0 saturated heterocycles. The van der Waals surface area contributed by atoms with E-state index in [-0.39, 0.29) is 23.0 Å². The van der Waals surface area contributed by atoms with Gasteiger partial charge < -0.3 is 10.2 Å². The van der Waals surface area contributed by atoms with Gasteiger partial charge in [-0.1, -0.05) is 48.6 Å². The molecule has 0 unspecified atom stereocenters. The zero-order chi connectivity index (χ0) is 19.1. The molecule has 0 amide bonds. The Morgan fingerprint density at radius 1 is 1.12 bits per heavy atom. The van der Waals surface area contributed by atoms with Crippen LogP contribution in [0.2, 0.25) is 0 Å². The van der Waals surface area contributed by atoms with Gasteiger partial charge in [-0.15, -0.1) is 0 Å². The fourth-order valence-electron chi connectivity index (χ4n) is 4.44. The molecule has 0 aromatic heterocycles. The number of ketones is 2. The van der Waals surface area contributed by atoms with Crippen LogP contribution in [0.4, 0.5) is 0 Å². The zero-order valence-corrected chi connectivity index (χ0v) is 15.3. The molecule has 0 heterocycles. The summed E-state index contributed by atoms with van der Waals surface area (Å²) < 4.78 is 0. The first-order valence-corrected chi connectivity index (χ1v) is 8.85. The molecule has 4 heteroatoms. The maximum atomic E-state index is 13.3. The van der Waals surface area contributed by atoms with E-state index in [0.29, 0.717) is 6.42 Å². The van der Waals surface area contributed by atoms with Gasteiger partial charge in [0, 0.05) is 17.4 Å². The van der Waals surface area contributed by atoms with Crippen molar-refractivity contribution < 1.29 is 19.8 Å². The van der Waals surface area contributed by atoms with Gasteiger partial charge in [-0.3, -0.25) is 9.59 Å². The average molecular weight is 352 g/mol. The summed E-state index contributed by atoms with van der Waals surface area (Å²) in [4.78, 5) is 26.3. The third-order valence-corrected chi connectivity index (χ3v) is 5.88. The maximum absolute atomic E-state index is 13.3. The van der Waals surface area contributed by atoms with Crippen LogP contribution >= 0.6 is 0 Å². The number of carbonyl (C=O) groups is 2. The van der Waals surface area contributed by atoms with Crippen LogP contribution in [-0.4, -0.2) is 27.4 Å². The SMILES string of the molecule is CC=CC=CC(O)=C1C(=O)[C@]2(C)C(=O)[C@](C)(O)[C@H]1C[C@H]2c1ccccc1. The van der Waals surface area contributed by atoms with Gasteiger partial charge in [-0.2, -0.15) is 0 Å². The molecular weight excluding hydrogens is 328 g/mol. The summed E-state index contributed by atoms with van der Waals surface area (Å²) in [6.45, 7) is 4.90. The van der Waals surface area contributed by atoms with Crippen molar-refractivity contribution >= 4 is 11.6 Å². The molecule has 4 nitrogen and oxygen atoms in total. The fraction of sp³-hybridized carbons (Fsp3) is 0.364. The molecule has 3 aliphatic rings. The van der Waals surface area contributed by atoms with E-state index in [1.54, 1.807) is 25.2 Å². The van der Waals surface area contributed by atoms with Crippen LogP contribution in [0.5, 0.6) is 0 Å². The lowest BCUT2D eigenvalue weighted by molar-refractivity contribution is -0.170. The number of fused-ring (bicyclic) bond motifs is 3. The smallest absolute Gasteiger partial charge is 0.178 e. The molecule has 2 bridgehead atoms. The monoisotopic (exact) mass is 352 g/mol. The molecule has 4 rings (SSSR count). The van der Waals surface area contributed by atoms with Crippen molar-refractivity contribution in [2.45, 2.75) is 38.7 Å². The minimum Gasteiger partial charge on any atom is -0.508 e. The minimum absolute atomic E-state index is 0.157. The topological polar surface area (TPSA) is 74.6 Å². The third-order valence-electron chi connectivity index (χ3n) is 5.88. The van der Waals surface area contributed by atoms with E-state index in [1.807, 2.05) is 37.3 Å². The second-order valence-corrected chi connectivity index (χ2v) is 7.44. The van der Waals surface area contributed by atoms with E-state index >= 15 is 0 Å². The molecule has 3 fully saturated rings. The molecule has 0 radical (unpaired) electrons. The summed E-state index contributed by atoms with van der Waals surface area (Å²) in [7, 11) is 0. The summed E-state index contributed by atoms with van der Waals surface area (Å²) >= 11 is 0. The first-order valence-electron chi connectivity index (χ1n) is 8.85. The van der Waals surface area contributed by atoms with Crippen LogP contribution in [0.1, 0.15) is 38.7 Å². The van der Waals surface area contributed by atoms with Crippen molar-refractivity contribution in [2.75, 3.05) is 0 Å². The number of hydrogen-bond acceptors (Lipinski definition) is 4.